The highest BCUT2D eigenvalue weighted by molar-refractivity contribution is 9.10. The molecule has 0 aliphatic rings. The van der Waals surface area contributed by atoms with Crippen LogP contribution in [0.3, 0.4) is 0 Å². The number of hydrogen-bond donors (Lipinski definition) is 1. The second-order valence-electron chi connectivity index (χ2n) is 6.17. The van der Waals surface area contributed by atoms with Crippen LogP contribution >= 0.6 is 15.9 Å². The fraction of sp³-hybridized carbons (Fsp3) is 0.312. The minimum Gasteiger partial charge on any atom is -0.343 e. The van der Waals surface area contributed by atoms with E-state index in [1.54, 1.807) is 66.8 Å². The van der Waals surface area contributed by atoms with Gasteiger partial charge in [-0.2, -0.15) is 15.3 Å². The Kier molecular flexibility index (Phi) is 5.13. The molecule has 0 atom stereocenters. The third-order valence-electron chi connectivity index (χ3n) is 3.95. The maximum absolute atomic E-state index is 12.6. The van der Waals surface area contributed by atoms with Crippen LogP contribution in [0.1, 0.15) is 26.7 Å². The minimum absolute atomic E-state index is 0.189. The van der Waals surface area contributed by atoms with Crippen molar-refractivity contribution in [3.63, 3.8) is 0 Å². The lowest BCUT2D eigenvalue weighted by Gasteiger charge is -2.10. The lowest BCUT2D eigenvalue weighted by atomic mass is 10.2. The summed E-state index contributed by atoms with van der Waals surface area (Å²) in [4.78, 5) is 26.3. The normalized spacial score (nSPS) is 10.9. The number of aromatic nitrogens is 6. The molecular weight excluding hydrogens is 416 g/mol. The molecule has 0 aliphatic carbocycles. The first-order valence-electron chi connectivity index (χ1n) is 8.04. The van der Waals surface area contributed by atoms with Gasteiger partial charge < -0.3 is 10.2 Å². The standard InChI is InChI=1S/C16H19BrN8O2/c1-10-13(14(21-23(10)4)16(27)22(2)3)19-15(26)12-5-6-24(20-12)9-25-8-11(17)7-18-25/h5-8H,9H2,1-4H3,(H,19,26). The van der Waals surface area contributed by atoms with Crippen molar-refractivity contribution in [2.75, 3.05) is 19.4 Å². The van der Waals surface area contributed by atoms with Crippen molar-refractivity contribution in [3.8, 4) is 0 Å². The van der Waals surface area contributed by atoms with Gasteiger partial charge in [-0.05, 0) is 28.9 Å². The first-order valence-corrected chi connectivity index (χ1v) is 8.83. The molecule has 2 amide bonds. The number of aryl methyl sites for hydroxylation is 1. The van der Waals surface area contributed by atoms with Gasteiger partial charge in [0.05, 0.1) is 22.1 Å². The molecule has 10 nitrogen and oxygen atoms in total. The van der Waals surface area contributed by atoms with Crippen LogP contribution in [0.15, 0.2) is 29.1 Å². The summed E-state index contributed by atoms with van der Waals surface area (Å²) in [7, 11) is 4.98. The number of nitrogens with one attached hydrogen (secondary N) is 1. The molecule has 0 bridgehead atoms. The van der Waals surface area contributed by atoms with Crippen molar-refractivity contribution in [1.82, 2.24) is 34.2 Å². The average Bonchev–Trinajstić information content (AvgIpc) is 3.31. The molecule has 3 aromatic heterocycles. The van der Waals surface area contributed by atoms with E-state index in [1.807, 2.05) is 0 Å². The molecule has 0 saturated carbocycles. The Labute approximate surface area is 163 Å². The Morgan fingerprint density at radius 1 is 1.26 bits per heavy atom. The molecule has 1 N–H and O–H groups in total. The van der Waals surface area contributed by atoms with Gasteiger partial charge >= 0.3 is 0 Å². The Bertz CT molecular complexity index is 1000. The van der Waals surface area contributed by atoms with Crippen LogP contribution in [0.2, 0.25) is 0 Å². The van der Waals surface area contributed by atoms with Crippen molar-refractivity contribution in [2.45, 2.75) is 13.6 Å². The predicted molar refractivity (Wildman–Crippen MR) is 101 cm³/mol. The van der Waals surface area contributed by atoms with Crippen LogP contribution in [0, 0.1) is 6.92 Å². The smallest absolute Gasteiger partial charge is 0.276 e. The van der Waals surface area contributed by atoms with E-state index in [0.717, 1.165) is 4.47 Å². The maximum atomic E-state index is 12.6. The van der Waals surface area contributed by atoms with Gasteiger partial charge in [0.25, 0.3) is 11.8 Å². The summed E-state index contributed by atoms with van der Waals surface area (Å²) in [6.45, 7) is 2.15. The van der Waals surface area contributed by atoms with Crippen LogP contribution in [0.4, 0.5) is 5.69 Å². The highest BCUT2D eigenvalue weighted by Crippen LogP contribution is 2.21. The lowest BCUT2D eigenvalue weighted by Crippen LogP contribution is -2.24. The van der Waals surface area contributed by atoms with E-state index < -0.39 is 5.91 Å². The number of hydrogen-bond acceptors (Lipinski definition) is 5. The zero-order valence-corrected chi connectivity index (χ0v) is 16.9. The Morgan fingerprint density at radius 3 is 2.63 bits per heavy atom. The van der Waals surface area contributed by atoms with Crippen molar-refractivity contribution in [3.05, 3.63) is 46.2 Å². The van der Waals surface area contributed by atoms with Gasteiger partial charge in [-0.25, -0.2) is 4.68 Å². The number of nitrogens with zero attached hydrogens (tertiary/aromatic N) is 7. The Morgan fingerprint density at radius 2 is 2.00 bits per heavy atom. The summed E-state index contributed by atoms with van der Waals surface area (Å²) in [5.41, 5.74) is 1.48. The van der Waals surface area contributed by atoms with E-state index in [0.29, 0.717) is 18.1 Å². The molecule has 0 aromatic carbocycles. The molecule has 0 spiro atoms. The molecule has 0 unspecified atom stereocenters. The molecular formula is C16H19BrN8O2. The number of carbonyl (C=O) groups is 2. The molecule has 27 heavy (non-hydrogen) atoms. The summed E-state index contributed by atoms with van der Waals surface area (Å²) in [6, 6.07) is 1.60. The topological polar surface area (TPSA) is 103 Å². The average molecular weight is 435 g/mol. The quantitative estimate of drug-likeness (QED) is 0.652. The molecule has 142 valence electrons. The fourth-order valence-corrected chi connectivity index (χ4v) is 2.75. The van der Waals surface area contributed by atoms with E-state index >= 15 is 0 Å². The fourth-order valence-electron chi connectivity index (χ4n) is 2.42. The second kappa shape index (κ2) is 7.35. The van der Waals surface area contributed by atoms with Crippen LogP contribution in [0.25, 0.3) is 0 Å². The third kappa shape index (κ3) is 3.92. The molecule has 3 heterocycles. The largest absolute Gasteiger partial charge is 0.343 e. The zero-order valence-electron chi connectivity index (χ0n) is 15.3. The molecule has 0 fully saturated rings. The Hall–Kier alpha value is -2.95. The van der Waals surface area contributed by atoms with Gasteiger partial charge in [-0.3, -0.25) is 19.0 Å². The number of amides is 2. The molecule has 0 aliphatic heterocycles. The van der Waals surface area contributed by atoms with Crippen LogP contribution in [-0.4, -0.2) is 60.2 Å². The van der Waals surface area contributed by atoms with Gasteiger partial charge in [0, 0.05) is 33.5 Å². The van der Waals surface area contributed by atoms with Gasteiger partial charge in [0.2, 0.25) is 0 Å². The Balaban J connectivity index is 1.79. The van der Waals surface area contributed by atoms with Crippen LogP contribution in [-0.2, 0) is 13.7 Å². The molecule has 3 aromatic rings. The van der Waals surface area contributed by atoms with Gasteiger partial charge in [-0.15, -0.1) is 0 Å². The van der Waals surface area contributed by atoms with E-state index in [9.17, 15) is 9.59 Å². The number of carbonyl (C=O) groups excluding carboxylic acids is 2. The van der Waals surface area contributed by atoms with Gasteiger partial charge in [0.15, 0.2) is 11.4 Å². The highest BCUT2D eigenvalue weighted by Gasteiger charge is 2.23. The molecule has 3 rings (SSSR count). The summed E-state index contributed by atoms with van der Waals surface area (Å²) in [5, 5.41) is 15.4. The summed E-state index contributed by atoms with van der Waals surface area (Å²) < 4.78 is 5.69. The first kappa shape index (κ1) is 18.8. The monoisotopic (exact) mass is 434 g/mol. The summed E-state index contributed by atoms with van der Waals surface area (Å²) >= 11 is 3.33. The maximum Gasteiger partial charge on any atom is 0.276 e. The number of halogens is 1. The minimum atomic E-state index is -0.417. The molecule has 0 saturated heterocycles. The van der Waals surface area contributed by atoms with E-state index in [4.69, 9.17) is 0 Å². The van der Waals surface area contributed by atoms with Crippen molar-refractivity contribution in [1.29, 1.82) is 0 Å². The zero-order chi connectivity index (χ0) is 19.7. The van der Waals surface area contributed by atoms with Crippen molar-refractivity contribution in [2.24, 2.45) is 7.05 Å². The third-order valence-corrected chi connectivity index (χ3v) is 4.36. The van der Waals surface area contributed by atoms with Gasteiger partial charge in [0.1, 0.15) is 6.67 Å². The van der Waals surface area contributed by atoms with E-state index in [-0.39, 0.29) is 17.3 Å². The second-order valence-corrected chi connectivity index (χ2v) is 7.08. The lowest BCUT2D eigenvalue weighted by molar-refractivity contribution is 0.0822. The van der Waals surface area contributed by atoms with Gasteiger partial charge in [-0.1, -0.05) is 0 Å². The SMILES string of the molecule is Cc1c(NC(=O)c2ccn(Cn3cc(Br)cn3)n2)c(C(=O)N(C)C)nn1C. The van der Waals surface area contributed by atoms with Crippen molar-refractivity contribution >= 4 is 33.4 Å². The molecule has 0 radical (unpaired) electrons. The van der Waals surface area contributed by atoms with Crippen LogP contribution in [0.5, 0.6) is 0 Å². The van der Waals surface area contributed by atoms with Crippen LogP contribution < -0.4 is 5.32 Å². The first-order chi connectivity index (χ1) is 12.8. The highest BCUT2D eigenvalue weighted by atomic mass is 79.9. The number of rotatable bonds is 5. The van der Waals surface area contributed by atoms with E-state index in [1.165, 1.54) is 4.90 Å². The van der Waals surface area contributed by atoms with E-state index in [2.05, 4.69) is 36.5 Å². The summed E-state index contributed by atoms with van der Waals surface area (Å²) in [6.07, 6.45) is 5.16. The van der Waals surface area contributed by atoms with Crippen molar-refractivity contribution < 1.29 is 9.59 Å². The summed E-state index contributed by atoms with van der Waals surface area (Å²) in [5.74, 6) is -0.705. The number of anilines is 1. The predicted octanol–water partition coefficient (Wildman–Crippen LogP) is 1.34. The molecule has 11 heteroatoms.